The second-order valence-electron chi connectivity index (χ2n) is 5.30. The molecule has 0 amide bonds. The molecule has 0 aromatic carbocycles. The second-order valence-corrected chi connectivity index (χ2v) is 23.2. The van der Waals surface area contributed by atoms with Crippen LogP contribution in [0.4, 0.5) is 0 Å². The molecule has 4 atom stereocenters. The van der Waals surface area contributed by atoms with Crippen LogP contribution >= 0.6 is 0 Å². The van der Waals surface area contributed by atoms with Crippen LogP contribution in [0.25, 0.3) is 0 Å². The molecule has 3 N–H and O–H groups in total. The Morgan fingerprint density at radius 3 is 0.786 bits per heavy atom. The Morgan fingerprint density at radius 2 is 0.500 bits per heavy atom. The molecule has 6 aliphatic heterocycles. The first-order valence-corrected chi connectivity index (χ1v) is 19.8. The third-order valence-electron chi connectivity index (χ3n) is 3.04. The van der Waals surface area contributed by atoms with E-state index >= 15 is 0 Å². The van der Waals surface area contributed by atoms with Crippen LogP contribution in [0.15, 0.2) is 0 Å². The number of hydrogen-bond acceptors (Lipinski definition) is 20. The van der Waals surface area contributed by atoms with Gasteiger partial charge in [-0.25, -0.2) is 0 Å². The SMILES string of the molecule is [O-][Si]12O[Si]3([O-])O[Si]4([O-])O[Si]([O-])(O1)O[Si]1(O)O[Si]([O-])(O2)O[Si](O)(O3)O[Si](O)(O4)O1. The lowest BCUT2D eigenvalue weighted by Crippen LogP contribution is -2.96. The van der Waals surface area contributed by atoms with Gasteiger partial charge in [0.2, 0.25) is 0 Å². The molecule has 6 fully saturated rings. The molecule has 0 radical (unpaired) electrons. The van der Waals surface area contributed by atoms with Gasteiger partial charge in [0.15, 0.2) is 0 Å². The van der Waals surface area contributed by atoms with E-state index in [2.05, 4.69) is 49.4 Å². The third-order valence-corrected chi connectivity index (χ3v) is 27.3. The van der Waals surface area contributed by atoms with E-state index in [4.69, 9.17) is 0 Å². The normalized spacial score (nSPS) is 66.0. The Balaban J connectivity index is 1.79. The highest BCUT2D eigenvalue weighted by Gasteiger charge is 2.77. The largest absolute Gasteiger partial charge is 0.795 e. The summed E-state index contributed by atoms with van der Waals surface area (Å²) < 4.78 is 53.3. The number of rotatable bonds is 0. The second kappa shape index (κ2) is 5.46. The van der Waals surface area contributed by atoms with Crippen molar-refractivity contribution in [1.29, 1.82) is 0 Å². The fourth-order valence-electron chi connectivity index (χ4n) is 2.38. The van der Waals surface area contributed by atoms with Crippen molar-refractivity contribution in [2.45, 2.75) is 0 Å². The molecule has 20 nitrogen and oxygen atoms in total. The molecule has 4 unspecified atom stereocenters. The van der Waals surface area contributed by atoms with Gasteiger partial charge in [-0.2, -0.15) is 0 Å². The summed E-state index contributed by atoms with van der Waals surface area (Å²) in [6, 6.07) is 0. The van der Waals surface area contributed by atoms with Crippen LogP contribution in [-0.2, 0) is 49.4 Å². The summed E-state index contributed by atoms with van der Waals surface area (Å²) in [6.07, 6.45) is 0. The van der Waals surface area contributed by atoms with Gasteiger partial charge in [0.05, 0.1) is 0 Å². The van der Waals surface area contributed by atoms with Crippen molar-refractivity contribution in [3.05, 3.63) is 0 Å². The zero-order valence-electron chi connectivity index (χ0n) is 12.3. The van der Waals surface area contributed by atoms with Crippen molar-refractivity contribution in [3.63, 3.8) is 0 Å². The Labute approximate surface area is 160 Å². The van der Waals surface area contributed by atoms with Crippen molar-refractivity contribution in [3.8, 4) is 0 Å². The topological polar surface area (TPSA) is 287 Å². The first-order valence-electron chi connectivity index (χ1n) is 6.59. The molecule has 0 aliphatic carbocycles. The maximum absolute atomic E-state index is 12.7. The van der Waals surface area contributed by atoms with E-state index in [1.807, 2.05) is 0 Å². The third kappa shape index (κ3) is 3.41. The molecule has 6 saturated heterocycles. The predicted molar refractivity (Wildman–Crippen MR) is 65.7 cm³/mol. The first-order chi connectivity index (χ1) is 12.5. The van der Waals surface area contributed by atoms with E-state index in [0.717, 1.165) is 0 Å². The monoisotopic (exact) mass is 547 g/mol. The van der Waals surface area contributed by atoms with Crippen LogP contribution in [0, 0.1) is 0 Å². The molecule has 0 aromatic heterocycles. The summed E-state index contributed by atoms with van der Waals surface area (Å²) in [5, 5.41) is 0. The van der Waals surface area contributed by atoms with Crippen LogP contribution in [0.5, 0.6) is 0 Å². The predicted octanol–water partition coefficient (Wildman–Crippen LogP) is -11.5. The fourth-order valence-corrected chi connectivity index (χ4v) is 30.4. The Morgan fingerprint density at radius 1 is 0.321 bits per heavy atom. The van der Waals surface area contributed by atoms with Crippen LogP contribution in [0.2, 0.25) is 0 Å². The van der Waals surface area contributed by atoms with Crippen molar-refractivity contribution in [2.75, 3.05) is 0 Å². The molecule has 28 heteroatoms. The van der Waals surface area contributed by atoms with Crippen LogP contribution in [-0.4, -0.2) is 86.8 Å². The lowest BCUT2D eigenvalue weighted by molar-refractivity contribution is -0.397. The highest BCUT2D eigenvalue weighted by Crippen LogP contribution is 2.40. The zero-order valence-corrected chi connectivity index (χ0v) is 20.3. The van der Waals surface area contributed by atoms with E-state index < -0.39 is 72.4 Å². The average Bonchev–Trinajstić information content (AvgIpc) is 2.22. The Bertz CT molecular complexity index is 470. The van der Waals surface area contributed by atoms with E-state index in [0.29, 0.717) is 0 Å². The molecule has 6 rings (SSSR count). The summed E-state index contributed by atoms with van der Waals surface area (Å²) in [4.78, 5) is 94.3. The molecular formula is H3O20Si8-5. The zero-order chi connectivity index (χ0) is 20.5. The molecule has 0 saturated carbocycles. The minimum absolute atomic E-state index is 4.36. The van der Waals surface area contributed by atoms with Crippen molar-refractivity contribution >= 4 is 72.4 Å². The summed E-state index contributed by atoms with van der Waals surface area (Å²) in [5.41, 5.74) is 0. The minimum atomic E-state index is -6.01. The van der Waals surface area contributed by atoms with Crippen LogP contribution in [0.1, 0.15) is 0 Å². The molecule has 28 heavy (non-hydrogen) atoms. The van der Waals surface area contributed by atoms with Crippen LogP contribution in [0.3, 0.4) is 0 Å². The van der Waals surface area contributed by atoms with Crippen molar-refractivity contribution in [1.82, 2.24) is 0 Å². The smallest absolute Gasteiger partial charge is 0.657 e. The lowest BCUT2D eigenvalue weighted by Gasteiger charge is -2.66. The quantitative estimate of drug-likeness (QED) is 0.237. The standard InChI is InChI=1S/H3O20Si8/c1-21-9-22(2)12-25(5)14-23(3,10-21)16-27(7)17-24(4,11-21)15-26(6,13-22)19-28(8,18-25)20-27/h1-3H/q-5. The van der Waals surface area contributed by atoms with Crippen molar-refractivity contribution < 1.29 is 87.7 Å². The molecule has 0 spiro atoms. The van der Waals surface area contributed by atoms with Crippen molar-refractivity contribution in [2.24, 2.45) is 0 Å². The lowest BCUT2D eigenvalue weighted by atomic mass is 15.5. The highest BCUT2D eigenvalue weighted by atomic mass is 28.7. The summed E-state index contributed by atoms with van der Waals surface area (Å²) in [5.74, 6) is 0. The Kier molecular flexibility index (Phi) is 4.06. The molecule has 160 valence electrons. The van der Waals surface area contributed by atoms with Gasteiger partial charge in [0.25, 0.3) is 0 Å². The minimum Gasteiger partial charge on any atom is -0.795 e. The van der Waals surface area contributed by atoms with Gasteiger partial charge in [-0.3, -0.25) is 0 Å². The van der Waals surface area contributed by atoms with Gasteiger partial charge >= 0.3 is 72.4 Å². The molecule has 6 heterocycles. The summed E-state index contributed by atoms with van der Waals surface area (Å²) >= 11 is 0. The maximum Gasteiger partial charge on any atom is 0.657 e. The number of hydrogen-bond donors (Lipinski definition) is 3. The van der Waals surface area contributed by atoms with Gasteiger partial charge in [0, 0.05) is 0 Å². The molecular weight excluding hydrogens is 545 g/mol. The highest BCUT2D eigenvalue weighted by molar-refractivity contribution is 6.95. The first kappa shape index (κ1) is 20.8. The summed E-state index contributed by atoms with van der Waals surface area (Å²) in [7, 11) is -47.0. The van der Waals surface area contributed by atoms with Gasteiger partial charge in [-0.05, 0) is 0 Å². The van der Waals surface area contributed by atoms with E-state index in [1.165, 1.54) is 0 Å². The Hall–Kier alpha value is 0.935. The summed E-state index contributed by atoms with van der Waals surface area (Å²) in [6.45, 7) is 0. The maximum atomic E-state index is 12.7. The molecule has 6 aliphatic rings. The van der Waals surface area contributed by atoms with Gasteiger partial charge < -0.3 is 87.7 Å². The van der Waals surface area contributed by atoms with Crippen LogP contribution < -0.4 is 24.0 Å². The van der Waals surface area contributed by atoms with Gasteiger partial charge in [-0.1, -0.05) is 0 Å². The fraction of sp³-hybridized carbons (Fsp3) is 0. The van der Waals surface area contributed by atoms with E-state index in [-0.39, 0.29) is 0 Å². The van der Waals surface area contributed by atoms with E-state index in [1.54, 1.807) is 0 Å². The van der Waals surface area contributed by atoms with E-state index in [9.17, 15) is 38.4 Å². The van der Waals surface area contributed by atoms with Gasteiger partial charge in [-0.15, -0.1) is 0 Å². The van der Waals surface area contributed by atoms with Gasteiger partial charge in [0.1, 0.15) is 0 Å². The molecule has 8 bridgehead atoms. The molecule has 0 aromatic rings. The average molecular weight is 548 g/mol.